The molecule has 0 amide bonds. The van der Waals surface area contributed by atoms with Crippen LogP contribution in [0.1, 0.15) is 12.5 Å². The van der Waals surface area contributed by atoms with Crippen molar-refractivity contribution >= 4 is 42.8 Å². The minimum atomic E-state index is -3.34. The van der Waals surface area contributed by atoms with Crippen LogP contribution < -0.4 is 11.1 Å². The van der Waals surface area contributed by atoms with E-state index in [0.29, 0.717) is 5.69 Å². The third-order valence-corrected chi connectivity index (χ3v) is 4.83. The maximum Gasteiger partial charge on any atom is 0.177 e. The Bertz CT molecular complexity index is 773. The topological polar surface area (TPSA) is 72.2 Å². The highest BCUT2D eigenvalue weighted by Crippen LogP contribution is 2.31. The van der Waals surface area contributed by atoms with Crippen molar-refractivity contribution in [2.45, 2.75) is 18.2 Å². The molecule has 0 atom stereocenters. The molecule has 2 aromatic carbocycles. The predicted octanol–water partition coefficient (Wildman–Crippen LogP) is 3.74. The molecule has 0 spiro atoms. The molecule has 4 nitrogen and oxygen atoms in total. The van der Waals surface area contributed by atoms with Crippen LogP contribution in [0.2, 0.25) is 0 Å². The van der Waals surface area contributed by atoms with Gasteiger partial charge in [-0.1, -0.05) is 28.9 Å². The van der Waals surface area contributed by atoms with Crippen LogP contribution in [0.15, 0.2) is 45.8 Å². The number of hydrogen-bond donors (Lipinski definition) is 2. The molecule has 0 saturated carbocycles. The van der Waals surface area contributed by atoms with E-state index >= 15 is 0 Å². The molecule has 6 heteroatoms. The maximum absolute atomic E-state index is 11.7. The third-order valence-electron chi connectivity index (χ3n) is 3.18. The molecule has 0 aromatic heterocycles. The van der Waals surface area contributed by atoms with E-state index in [-0.39, 0.29) is 10.6 Å². The minimum Gasteiger partial charge on any atom is -0.396 e. The summed E-state index contributed by atoms with van der Waals surface area (Å²) in [5.41, 5.74) is 8.85. The molecule has 21 heavy (non-hydrogen) atoms. The molecule has 0 radical (unpaired) electrons. The van der Waals surface area contributed by atoms with Gasteiger partial charge in [-0.2, -0.15) is 0 Å². The number of nitrogens with one attached hydrogen (secondary N) is 1. The van der Waals surface area contributed by atoms with Gasteiger partial charge in [0.15, 0.2) is 9.84 Å². The molecule has 0 aliphatic rings. The molecule has 2 aromatic rings. The largest absolute Gasteiger partial charge is 0.396 e. The standard InChI is InChI=1S/C15H17BrN2O2S/c1-3-10-9-11(16)7-8-12(10)18-13-5-4-6-14(15(13)17)21(2,19)20/h4-9,18H,3,17H2,1-2H3. The molecule has 3 N–H and O–H groups in total. The minimum absolute atomic E-state index is 0.141. The number of nitrogen functional groups attached to an aromatic ring is 1. The van der Waals surface area contributed by atoms with E-state index in [1.165, 1.54) is 6.07 Å². The summed E-state index contributed by atoms with van der Waals surface area (Å²) in [5, 5.41) is 3.22. The molecule has 0 bridgehead atoms. The van der Waals surface area contributed by atoms with Gasteiger partial charge in [-0.3, -0.25) is 0 Å². The molecule has 0 unspecified atom stereocenters. The summed E-state index contributed by atoms with van der Waals surface area (Å²) in [6.45, 7) is 2.06. The molecular weight excluding hydrogens is 352 g/mol. The van der Waals surface area contributed by atoms with E-state index in [9.17, 15) is 8.42 Å². The average Bonchev–Trinajstić information content (AvgIpc) is 2.41. The fourth-order valence-electron chi connectivity index (χ4n) is 2.10. The van der Waals surface area contributed by atoms with Gasteiger partial charge in [0.2, 0.25) is 0 Å². The zero-order valence-corrected chi connectivity index (χ0v) is 14.3. The Hall–Kier alpha value is -1.53. The van der Waals surface area contributed by atoms with E-state index in [1.807, 2.05) is 18.2 Å². The number of para-hydroxylation sites is 1. The molecule has 0 aliphatic heterocycles. The van der Waals surface area contributed by atoms with Gasteiger partial charge < -0.3 is 11.1 Å². The number of anilines is 3. The first-order valence-electron chi connectivity index (χ1n) is 6.47. The summed E-state index contributed by atoms with van der Waals surface area (Å²) in [6.07, 6.45) is 2.01. The first-order chi connectivity index (χ1) is 9.82. The monoisotopic (exact) mass is 368 g/mol. The van der Waals surface area contributed by atoms with Crippen molar-refractivity contribution in [2.24, 2.45) is 0 Å². The van der Waals surface area contributed by atoms with E-state index < -0.39 is 9.84 Å². The van der Waals surface area contributed by atoms with Crippen LogP contribution >= 0.6 is 15.9 Å². The highest BCUT2D eigenvalue weighted by molar-refractivity contribution is 9.10. The Morgan fingerprint density at radius 3 is 2.52 bits per heavy atom. The zero-order chi connectivity index (χ0) is 15.6. The van der Waals surface area contributed by atoms with Crippen LogP contribution in [0.5, 0.6) is 0 Å². The Kier molecular flexibility index (Phi) is 4.58. The molecule has 112 valence electrons. The molecule has 2 rings (SSSR count). The SMILES string of the molecule is CCc1cc(Br)ccc1Nc1cccc(S(C)(=O)=O)c1N. The smallest absolute Gasteiger partial charge is 0.177 e. The van der Waals surface area contributed by atoms with Gasteiger partial charge in [0, 0.05) is 16.4 Å². The molecule has 0 aliphatic carbocycles. The summed E-state index contributed by atoms with van der Waals surface area (Å²) >= 11 is 3.44. The van der Waals surface area contributed by atoms with Gasteiger partial charge in [-0.05, 0) is 42.3 Å². The summed E-state index contributed by atoms with van der Waals surface area (Å²) in [4.78, 5) is 0.141. The highest BCUT2D eigenvalue weighted by atomic mass is 79.9. The van der Waals surface area contributed by atoms with Gasteiger partial charge in [-0.25, -0.2) is 8.42 Å². The Balaban J connectivity index is 2.46. The van der Waals surface area contributed by atoms with Gasteiger partial charge in [0.05, 0.1) is 16.3 Å². The summed E-state index contributed by atoms with van der Waals surface area (Å²) < 4.78 is 24.4. The van der Waals surface area contributed by atoms with Gasteiger partial charge >= 0.3 is 0 Å². The van der Waals surface area contributed by atoms with Crippen molar-refractivity contribution in [1.29, 1.82) is 0 Å². The number of aryl methyl sites for hydroxylation is 1. The zero-order valence-electron chi connectivity index (χ0n) is 11.9. The van der Waals surface area contributed by atoms with Crippen molar-refractivity contribution in [3.63, 3.8) is 0 Å². The van der Waals surface area contributed by atoms with Crippen LogP contribution in [0, 0.1) is 0 Å². The molecule has 0 heterocycles. The maximum atomic E-state index is 11.7. The van der Waals surface area contributed by atoms with Crippen molar-refractivity contribution in [3.05, 3.63) is 46.4 Å². The molecule has 0 fully saturated rings. The Labute approximate surface area is 133 Å². The molecule has 0 saturated heterocycles. The normalized spacial score (nSPS) is 11.4. The quantitative estimate of drug-likeness (QED) is 0.806. The lowest BCUT2D eigenvalue weighted by molar-refractivity contribution is 0.602. The van der Waals surface area contributed by atoms with E-state index in [2.05, 4.69) is 28.2 Å². The van der Waals surface area contributed by atoms with Crippen LogP contribution in [-0.4, -0.2) is 14.7 Å². The van der Waals surface area contributed by atoms with Gasteiger partial charge in [0.25, 0.3) is 0 Å². The number of hydrogen-bond acceptors (Lipinski definition) is 4. The van der Waals surface area contributed by atoms with Crippen LogP contribution in [0.3, 0.4) is 0 Å². The second kappa shape index (κ2) is 6.07. The number of halogens is 1. The van der Waals surface area contributed by atoms with Crippen LogP contribution in [0.25, 0.3) is 0 Å². The summed E-state index contributed by atoms with van der Waals surface area (Å²) in [5.74, 6) is 0. The Morgan fingerprint density at radius 2 is 1.90 bits per heavy atom. The van der Waals surface area contributed by atoms with E-state index in [4.69, 9.17) is 5.73 Å². The van der Waals surface area contributed by atoms with Gasteiger partial charge in [0.1, 0.15) is 0 Å². The lowest BCUT2D eigenvalue weighted by Crippen LogP contribution is -2.06. The van der Waals surface area contributed by atoms with Gasteiger partial charge in [-0.15, -0.1) is 0 Å². The molecular formula is C15H17BrN2O2S. The van der Waals surface area contributed by atoms with Crippen molar-refractivity contribution in [2.75, 3.05) is 17.3 Å². The fourth-order valence-corrected chi connectivity index (χ4v) is 3.34. The second-order valence-corrected chi connectivity index (χ2v) is 7.67. The third kappa shape index (κ3) is 3.57. The van der Waals surface area contributed by atoms with Crippen molar-refractivity contribution in [3.8, 4) is 0 Å². The first-order valence-corrected chi connectivity index (χ1v) is 9.15. The lowest BCUT2D eigenvalue weighted by atomic mass is 10.1. The number of benzene rings is 2. The van der Waals surface area contributed by atoms with Crippen molar-refractivity contribution in [1.82, 2.24) is 0 Å². The number of sulfone groups is 1. The Morgan fingerprint density at radius 1 is 1.19 bits per heavy atom. The summed E-state index contributed by atoms with van der Waals surface area (Å²) in [7, 11) is -3.34. The van der Waals surface area contributed by atoms with Crippen molar-refractivity contribution < 1.29 is 8.42 Å². The summed E-state index contributed by atoms with van der Waals surface area (Å²) in [6, 6.07) is 10.9. The van der Waals surface area contributed by atoms with E-state index in [0.717, 1.165) is 28.4 Å². The number of nitrogens with two attached hydrogens (primary N) is 1. The lowest BCUT2D eigenvalue weighted by Gasteiger charge is -2.15. The second-order valence-electron chi connectivity index (χ2n) is 4.77. The average molecular weight is 369 g/mol. The fraction of sp³-hybridized carbons (Fsp3) is 0.200. The first kappa shape index (κ1) is 15.9. The number of rotatable bonds is 4. The van der Waals surface area contributed by atoms with Crippen LogP contribution in [-0.2, 0) is 16.3 Å². The van der Waals surface area contributed by atoms with E-state index in [1.54, 1.807) is 12.1 Å². The van der Waals surface area contributed by atoms with Crippen LogP contribution in [0.4, 0.5) is 17.1 Å². The highest BCUT2D eigenvalue weighted by Gasteiger charge is 2.14. The predicted molar refractivity (Wildman–Crippen MR) is 90.8 cm³/mol.